The zero-order valence-corrected chi connectivity index (χ0v) is 18.3. The number of methoxy groups -OCH3 is 1. The first-order valence-corrected chi connectivity index (χ1v) is 9.89. The van der Waals surface area contributed by atoms with E-state index < -0.39 is 11.6 Å². The van der Waals surface area contributed by atoms with Crippen LogP contribution >= 0.6 is 11.8 Å². The lowest BCUT2D eigenvalue weighted by Crippen LogP contribution is -2.24. The van der Waals surface area contributed by atoms with E-state index in [1.165, 1.54) is 18.9 Å². The Hall–Kier alpha value is -2.28. The van der Waals surface area contributed by atoms with Gasteiger partial charge in [0.25, 0.3) is 0 Å². The Morgan fingerprint density at radius 3 is 2.29 bits per heavy atom. The summed E-state index contributed by atoms with van der Waals surface area (Å²) in [5, 5.41) is 0.0336. The van der Waals surface area contributed by atoms with Crippen molar-refractivity contribution in [2.24, 2.45) is 0 Å². The van der Waals surface area contributed by atoms with Gasteiger partial charge in [0.05, 0.1) is 7.11 Å². The number of carbonyl (C=O) groups excluding carboxylic acids is 3. The molecule has 0 saturated heterocycles. The highest BCUT2D eigenvalue weighted by Crippen LogP contribution is 2.39. The fraction of sp³-hybridized carbons (Fsp3) is 0.476. The van der Waals surface area contributed by atoms with Crippen LogP contribution in [0.1, 0.15) is 68.3 Å². The minimum atomic E-state index is -0.640. The molecule has 28 heavy (non-hydrogen) atoms. The maximum absolute atomic E-state index is 12.7. The molecule has 0 aliphatic carbocycles. The molecule has 0 aromatic carbocycles. The zero-order chi connectivity index (χ0) is 21.2. The lowest BCUT2D eigenvalue weighted by atomic mass is 10.0. The molecule has 0 atom stereocenters. The number of hydrogen-bond acceptors (Lipinski definition) is 6. The Balaban J connectivity index is 2.46. The average molecular weight is 406 g/mol. The fourth-order valence-electron chi connectivity index (χ4n) is 2.80. The first kappa shape index (κ1) is 22.0. The van der Waals surface area contributed by atoms with E-state index >= 15 is 0 Å². The molecule has 1 N–H and O–H groups in total. The highest BCUT2D eigenvalue weighted by Gasteiger charge is 2.27. The summed E-state index contributed by atoms with van der Waals surface area (Å²) in [5.41, 5.74) is 3.65. The molecule has 0 amide bonds. The van der Waals surface area contributed by atoms with Crippen LogP contribution in [0.4, 0.5) is 0 Å². The van der Waals surface area contributed by atoms with Gasteiger partial charge in [0.15, 0.2) is 0 Å². The Labute approximate surface area is 169 Å². The minimum absolute atomic E-state index is 0.0336. The molecule has 0 fully saturated rings. The molecule has 152 valence electrons. The normalized spacial score (nSPS) is 16.1. The molecule has 0 saturated carbocycles. The van der Waals surface area contributed by atoms with Gasteiger partial charge in [-0.25, -0.2) is 4.79 Å². The van der Waals surface area contributed by atoms with Crippen molar-refractivity contribution in [1.82, 2.24) is 4.98 Å². The SMILES string of the molecule is COC(=O)CCc1c(C(=O)OC(C)(C)C)[nH]c(/C=C2/SC(=O)C(C)=C2C)c1C. The molecule has 0 spiro atoms. The van der Waals surface area contributed by atoms with Crippen LogP contribution in [0.15, 0.2) is 16.1 Å². The van der Waals surface area contributed by atoms with Gasteiger partial charge < -0.3 is 14.5 Å². The second kappa shape index (κ2) is 8.39. The van der Waals surface area contributed by atoms with Crippen LogP contribution in [0.25, 0.3) is 6.08 Å². The maximum Gasteiger partial charge on any atom is 0.355 e. The van der Waals surface area contributed by atoms with Crippen molar-refractivity contribution in [3.05, 3.63) is 38.6 Å². The van der Waals surface area contributed by atoms with E-state index in [9.17, 15) is 14.4 Å². The van der Waals surface area contributed by atoms with Crippen LogP contribution in [0.5, 0.6) is 0 Å². The van der Waals surface area contributed by atoms with E-state index in [1.807, 2.05) is 19.9 Å². The van der Waals surface area contributed by atoms with E-state index in [-0.39, 0.29) is 17.5 Å². The van der Waals surface area contributed by atoms with Crippen molar-refractivity contribution in [3.8, 4) is 0 Å². The smallest absolute Gasteiger partial charge is 0.355 e. The Bertz CT molecular complexity index is 883. The molecule has 2 rings (SSSR count). The summed E-state index contributed by atoms with van der Waals surface area (Å²) in [5.74, 6) is -0.819. The highest BCUT2D eigenvalue weighted by atomic mass is 32.2. The number of hydrogen-bond donors (Lipinski definition) is 1. The molecule has 0 bridgehead atoms. The average Bonchev–Trinajstić information content (AvgIpc) is 3.03. The summed E-state index contributed by atoms with van der Waals surface area (Å²) in [6.07, 6.45) is 2.39. The van der Waals surface area contributed by atoms with E-state index in [0.29, 0.717) is 12.1 Å². The van der Waals surface area contributed by atoms with Gasteiger partial charge in [-0.2, -0.15) is 0 Å². The molecule has 7 heteroatoms. The lowest BCUT2D eigenvalue weighted by molar-refractivity contribution is -0.140. The number of esters is 2. The molecule has 0 unspecified atom stereocenters. The number of aromatic nitrogens is 1. The second-order valence-electron chi connectivity index (χ2n) is 7.74. The number of nitrogens with one attached hydrogen (secondary N) is 1. The second-order valence-corrected chi connectivity index (χ2v) is 8.76. The number of thioether (sulfide) groups is 1. The number of aromatic amines is 1. The molecular weight excluding hydrogens is 378 g/mol. The van der Waals surface area contributed by atoms with E-state index in [0.717, 1.165) is 32.9 Å². The van der Waals surface area contributed by atoms with E-state index in [1.54, 1.807) is 27.7 Å². The Morgan fingerprint density at radius 1 is 1.14 bits per heavy atom. The number of allylic oxidation sites excluding steroid dienone is 1. The quantitative estimate of drug-likeness (QED) is 0.734. The van der Waals surface area contributed by atoms with Gasteiger partial charge in [-0.15, -0.1) is 0 Å². The summed E-state index contributed by atoms with van der Waals surface area (Å²) in [7, 11) is 1.34. The first-order valence-electron chi connectivity index (χ1n) is 9.08. The number of ether oxygens (including phenoxy) is 2. The van der Waals surface area contributed by atoms with Crippen LogP contribution in [0, 0.1) is 6.92 Å². The monoisotopic (exact) mass is 405 g/mol. The zero-order valence-electron chi connectivity index (χ0n) is 17.4. The van der Waals surface area contributed by atoms with Gasteiger partial charge >= 0.3 is 11.9 Å². The number of H-pyrrole nitrogens is 1. The van der Waals surface area contributed by atoms with Crippen LogP contribution in [0.2, 0.25) is 0 Å². The number of rotatable bonds is 5. The summed E-state index contributed by atoms with van der Waals surface area (Å²) in [4.78, 5) is 40.2. The molecule has 1 aromatic rings. The van der Waals surface area contributed by atoms with Gasteiger partial charge in [0.2, 0.25) is 5.12 Å². The molecule has 6 nitrogen and oxygen atoms in total. The van der Waals surface area contributed by atoms with Crippen molar-refractivity contribution >= 4 is 34.9 Å². The van der Waals surface area contributed by atoms with Gasteiger partial charge in [-0.3, -0.25) is 9.59 Å². The predicted molar refractivity (Wildman–Crippen MR) is 110 cm³/mol. The third-order valence-corrected chi connectivity index (χ3v) is 5.68. The van der Waals surface area contributed by atoms with Crippen LogP contribution in [0.3, 0.4) is 0 Å². The van der Waals surface area contributed by atoms with Gasteiger partial charge in [0, 0.05) is 22.6 Å². The maximum atomic E-state index is 12.7. The van der Waals surface area contributed by atoms with Crippen molar-refractivity contribution in [1.29, 1.82) is 0 Å². The topological polar surface area (TPSA) is 85.5 Å². The van der Waals surface area contributed by atoms with Crippen LogP contribution in [-0.4, -0.2) is 34.7 Å². The third kappa shape index (κ3) is 4.95. The van der Waals surface area contributed by atoms with Crippen molar-refractivity contribution < 1.29 is 23.9 Å². The van der Waals surface area contributed by atoms with Crippen molar-refractivity contribution in [3.63, 3.8) is 0 Å². The van der Waals surface area contributed by atoms with E-state index in [4.69, 9.17) is 9.47 Å². The summed E-state index contributed by atoms with van der Waals surface area (Å²) in [6.45, 7) is 11.0. The highest BCUT2D eigenvalue weighted by molar-refractivity contribution is 8.18. The van der Waals surface area contributed by atoms with Crippen molar-refractivity contribution in [2.75, 3.05) is 7.11 Å². The van der Waals surface area contributed by atoms with Gasteiger partial charge in [-0.05, 0) is 82.5 Å². The van der Waals surface area contributed by atoms with Gasteiger partial charge in [-0.1, -0.05) is 0 Å². The Kier molecular flexibility index (Phi) is 6.59. The van der Waals surface area contributed by atoms with E-state index in [2.05, 4.69) is 4.98 Å². The summed E-state index contributed by atoms with van der Waals surface area (Å²) in [6, 6.07) is 0. The van der Waals surface area contributed by atoms with Gasteiger partial charge in [0.1, 0.15) is 11.3 Å². The summed E-state index contributed by atoms with van der Waals surface area (Å²) >= 11 is 1.18. The molecule has 2 heterocycles. The standard InChI is InChI=1S/C21H27NO5S/c1-11-12(2)20(25)28-16(11)10-15-13(3)14(8-9-17(23)26-7)18(22-15)19(24)27-21(4,5)6/h10,22H,8-9H2,1-7H3/b16-10+. The predicted octanol–water partition coefficient (Wildman–Crippen LogP) is 4.33. The Morgan fingerprint density at radius 2 is 1.79 bits per heavy atom. The fourth-order valence-corrected chi connectivity index (χ4v) is 3.79. The summed E-state index contributed by atoms with van der Waals surface area (Å²) < 4.78 is 10.2. The molecule has 0 radical (unpaired) electrons. The lowest BCUT2D eigenvalue weighted by Gasteiger charge is -2.19. The van der Waals surface area contributed by atoms with Crippen LogP contribution < -0.4 is 0 Å². The largest absolute Gasteiger partial charge is 0.469 e. The molecular formula is C21H27NO5S. The third-order valence-electron chi connectivity index (χ3n) is 4.54. The number of carbonyl (C=O) groups is 3. The molecule has 1 aliphatic heterocycles. The minimum Gasteiger partial charge on any atom is -0.469 e. The molecule has 1 aromatic heterocycles. The van der Waals surface area contributed by atoms with Crippen molar-refractivity contribution in [2.45, 2.75) is 60.0 Å². The molecule has 1 aliphatic rings. The first-order chi connectivity index (χ1) is 12.9. The van der Waals surface area contributed by atoms with Crippen LogP contribution in [-0.2, 0) is 25.5 Å².